The highest BCUT2D eigenvalue weighted by Gasteiger charge is 2.18. The fourth-order valence-electron chi connectivity index (χ4n) is 3.44. The number of fused-ring (bicyclic) bond motifs is 1. The van der Waals surface area contributed by atoms with Crippen LogP contribution in [-0.4, -0.2) is 47.9 Å². The van der Waals surface area contributed by atoms with E-state index in [0.717, 1.165) is 46.6 Å². The molecule has 0 atom stereocenters. The molecule has 0 saturated carbocycles. The van der Waals surface area contributed by atoms with E-state index in [4.69, 9.17) is 4.99 Å². The fraction of sp³-hybridized carbons (Fsp3) is 0.160. The Balaban J connectivity index is 1.72. The van der Waals surface area contributed by atoms with Gasteiger partial charge < -0.3 is 20.3 Å². The summed E-state index contributed by atoms with van der Waals surface area (Å²) in [6, 6.07) is 25.9. The molecule has 0 saturated heterocycles. The van der Waals surface area contributed by atoms with E-state index in [1.807, 2.05) is 78.9 Å². The molecule has 0 fully saturated rings. The molecule has 0 spiro atoms. The van der Waals surface area contributed by atoms with E-state index < -0.39 is 0 Å². The van der Waals surface area contributed by atoms with Crippen molar-refractivity contribution < 1.29 is 5.11 Å². The van der Waals surface area contributed by atoms with Crippen LogP contribution in [0.4, 0.5) is 11.4 Å². The van der Waals surface area contributed by atoms with Gasteiger partial charge in [0.1, 0.15) is 0 Å². The van der Waals surface area contributed by atoms with E-state index in [9.17, 15) is 5.11 Å². The molecule has 0 radical (unpaired) electrons. The van der Waals surface area contributed by atoms with E-state index in [1.165, 1.54) is 0 Å². The maximum absolute atomic E-state index is 10.7. The zero-order valence-corrected chi connectivity index (χ0v) is 17.3. The molecule has 1 heterocycles. The number of para-hydroxylation sites is 1. The van der Waals surface area contributed by atoms with Gasteiger partial charge in [0.2, 0.25) is 0 Å². The molecule has 0 amide bonds. The first-order valence-corrected chi connectivity index (χ1v) is 10.0. The molecule has 0 bridgehead atoms. The van der Waals surface area contributed by atoms with Gasteiger partial charge in [-0.25, -0.2) is 4.99 Å². The van der Waals surface area contributed by atoms with Crippen molar-refractivity contribution in [1.29, 1.82) is 0 Å². The standard InChI is InChI=1S/C25H26N4O/c1-29(2)17-16-26-19-12-14-20(15-13-19)27-24(18-8-4-3-5-9-18)23-21-10-6-7-11-22(21)28-25(23)30/h3-15,26,28,30H,16-17H2,1-2H3. The minimum Gasteiger partial charge on any atom is -0.494 e. The maximum atomic E-state index is 10.7. The Morgan fingerprint density at radius 1 is 0.933 bits per heavy atom. The highest BCUT2D eigenvalue weighted by Crippen LogP contribution is 2.31. The second kappa shape index (κ2) is 8.84. The van der Waals surface area contributed by atoms with Crippen LogP contribution >= 0.6 is 0 Å². The van der Waals surface area contributed by atoms with E-state index in [1.54, 1.807) is 0 Å². The van der Waals surface area contributed by atoms with Crippen molar-refractivity contribution >= 4 is 28.0 Å². The Bertz CT molecular complexity index is 1140. The predicted molar refractivity (Wildman–Crippen MR) is 125 cm³/mol. The normalized spacial score (nSPS) is 11.9. The third-order valence-corrected chi connectivity index (χ3v) is 4.97. The van der Waals surface area contributed by atoms with Crippen LogP contribution in [0.15, 0.2) is 83.9 Å². The van der Waals surface area contributed by atoms with Gasteiger partial charge in [-0.15, -0.1) is 0 Å². The average molecular weight is 399 g/mol. The molecule has 3 N–H and O–H groups in total. The van der Waals surface area contributed by atoms with Crippen LogP contribution in [0.3, 0.4) is 0 Å². The molecule has 0 aliphatic rings. The number of aromatic nitrogens is 1. The number of H-pyrrole nitrogens is 1. The highest BCUT2D eigenvalue weighted by atomic mass is 16.3. The van der Waals surface area contributed by atoms with E-state index in [0.29, 0.717) is 5.56 Å². The number of hydrogen-bond acceptors (Lipinski definition) is 4. The Kier molecular flexibility index (Phi) is 5.82. The van der Waals surface area contributed by atoms with E-state index >= 15 is 0 Å². The van der Waals surface area contributed by atoms with Crippen molar-refractivity contribution in [3.63, 3.8) is 0 Å². The molecular weight excluding hydrogens is 372 g/mol. The number of likely N-dealkylation sites (N-methyl/N-ethyl adjacent to an activating group) is 1. The van der Waals surface area contributed by atoms with Crippen molar-refractivity contribution in [3.05, 3.63) is 90.0 Å². The second-order valence-electron chi connectivity index (χ2n) is 7.50. The summed E-state index contributed by atoms with van der Waals surface area (Å²) in [6.45, 7) is 1.85. The van der Waals surface area contributed by atoms with Gasteiger partial charge in [0, 0.05) is 35.2 Å². The van der Waals surface area contributed by atoms with Gasteiger partial charge in [-0.2, -0.15) is 0 Å². The van der Waals surface area contributed by atoms with Crippen molar-refractivity contribution in [2.75, 3.05) is 32.5 Å². The van der Waals surface area contributed by atoms with Crippen LogP contribution in [0.1, 0.15) is 11.1 Å². The summed E-state index contributed by atoms with van der Waals surface area (Å²) in [5, 5.41) is 15.0. The smallest absolute Gasteiger partial charge is 0.199 e. The van der Waals surface area contributed by atoms with E-state index in [-0.39, 0.29) is 5.88 Å². The molecule has 3 aromatic carbocycles. The fourth-order valence-corrected chi connectivity index (χ4v) is 3.44. The minimum absolute atomic E-state index is 0.126. The number of nitrogens with one attached hydrogen (secondary N) is 2. The lowest BCUT2D eigenvalue weighted by molar-refractivity contribution is 0.425. The van der Waals surface area contributed by atoms with E-state index in [2.05, 4.69) is 29.3 Å². The van der Waals surface area contributed by atoms with Crippen LogP contribution in [0, 0.1) is 0 Å². The number of anilines is 1. The highest BCUT2D eigenvalue weighted by molar-refractivity contribution is 6.21. The Morgan fingerprint density at radius 2 is 1.63 bits per heavy atom. The van der Waals surface area contributed by atoms with Gasteiger partial charge in [-0.05, 0) is 44.4 Å². The zero-order chi connectivity index (χ0) is 20.9. The molecule has 152 valence electrons. The van der Waals surface area contributed by atoms with Crippen LogP contribution < -0.4 is 5.32 Å². The number of aliphatic imine (C=N–C) groups is 1. The first kappa shape index (κ1) is 19.7. The van der Waals surface area contributed by atoms with Crippen molar-refractivity contribution in [1.82, 2.24) is 9.88 Å². The lowest BCUT2D eigenvalue weighted by Gasteiger charge is -2.11. The Morgan fingerprint density at radius 3 is 2.37 bits per heavy atom. The first-order valence-electron chi connectivity index (χ1n) is 10.0. The van der Waals surface area contributed by atoms with Gasteiger partial charge in [-0.1, -0.05) is 48.5 Å². The van der Waals surface area contributed by atoms with Gasteiger partial charge >= 0.3 is 0 Å². The predicted octanol–water partition coefficient (Wildman–Crippen LogP) is 5.02. The average Bonchev–Trinajstić information content (AvgIpc) is 3.09. The Hall–Kier alpha value is -3.57. The van der Waals surface area contributed by atoms with Gasteiger partial charge in [0.25, 0.3) is 0 Å². The number of benzene rings is 3. The molecule has 0 aliphatic heterocycles. The minimum atomic E-state index is 0.126. The van der Waals surface area contributed by atoms with Crippen LogP contribution in [0.2, 0.25) is 0 Å². The van der Waals surface area contributed by atoms with Crippen molar-refractivity contribution in [2.24, 2.45) is 4.99 Å². The second-order valence-corrected chi connectivity index (χ2v) is 7.50. The van der Waals surface area contributed by atoms with Crippen LogP contribution in [0.5, 0.6) is 5.88 Å². The summed E-state index contributed by atoms with van der Waals surface area (Å²) in [6.07, 6.45) is 0. The molecular formula is C25H26N4O. The monoisotopic (exact) mass is 398 g/mol. The zero-order valence-electron chi connectivity index (χ0n) is 17.3. The van der Waals surface area contributed by atoms with Gasteiger partial charge in [-0.3, -0.25) is 0 Å². The number of hydrogen-bond donors (Lipinski definition) is 3. The number of rotatable bonds is 7. The molecule has 30 heavy (non-hydrogen) atoms. The summed E-state index contributed by atoms with van der Waals surface area (Å²) in [5.74, 6) is 0.126. The molecule has 0 aliphatic carbocycles. The number of aromatic amines is 1. The molecule has 5 heteroatoms. The van der Waals surface area contributed by atoms with Crippen molar-refractivity contribution in [2.45, 2.75) is 0 Å². The summed E-state index contributed by atoms with van der Waals surface area (Å²) in [5.41, 5.74) is 5.17. The van der Waals surface area contributed by atoms with Crippen LogP contribution in [-0.2, 0) is 0 Å². The first-order chi connectivity index (χ1) is 14.6. The molecule has 4 aromatic rings. The summed E-state index contributed by atoms with van der Waals surface area (Å²) in [7, 11) is 4.12. The summed E-state index contributed by atoms with van der Waals surface area (Å²) in [4.78, 5) is 10.1. The number of nitrogens with zero attached hydrogens (tertiary/aromatic N) is 2. The quantitative estimate of drug-likeness (QED) is 0.383. The largest absolute Gasteiger partial charge is 0.494 e. The SMILES string of the molecule is CN(C)CCNc1ccc(N=C(c2ccccc2)c2c(O)[nH]c3ccccc23)cc1. The summed E-state index contributed by atoms with van der Waals surface area (Å²) < 4.78 is 0. The molecule has 0 unspecified atom stereocenters. The Labute approximate surface area is 176 Å². The lowest BCUT2D eigenvalue weighted by Crippen LogP contribution is -2.20. The maximum Gasteiger partial charge on any atom is 0.199 e. The van der Waals surface area contributed by atoms with Crippen molar-refractivity contribution in [3.8, 4) is 5.88 Å². The topological polar surface area (TPSA) is 63.6 Å². The number of aromatic hydroxyl groups is 1. The molecule has 1 aromatic heterocycles. The lowest BCUT2D eigenvalue weighted by atomic mass is 10.0. The van der Waals surface area contributed by atoms with Crippen LogP contribution in [0.25, 0.3) is 10.9 Å². The third kappa shape index (κ3) is 4.36. The molecule has 4 rings (SSSR count). The third-order valence-electron chi connectivity index (χ3n) is 4.97. The van der Waals surface area contributed by atoms with Gasteiger partial charge in [0.15, 0.2) is 5.88 Å². The summed E-state index contributed by atoms with van der Waals surface area (Å²) >= 11 is 0. The van der Waals surface area contributed by atoms with Gasteiger partial charge in [0.05, 0.1) is 17.0 Å². The molecule has 5 nitrogen and oxygen atoms in total.